The third-order valence-corrected chi connectivity index (χ3v) is 8.00. The highest BCUT2D eigenvalue weighted by atomic mass is 35.5. The second-order valence-corrected chi connectivity index (χ2v) is 11.6. The van der Waals surface area contributed by atoms with Gasteiger partial charge in [-0.2, -0.15) is 0 Å². The number of carbonyl (C=O) groups excluding carboxylic acids is 1. The van der Waals surface area contributed by atoms with E-state index in [1.807, 2.05) is 36.5 Å². The van der Waals surface area contributed by atoms with Gasteiger partial charge in [-0.3, -0.25) is 9.88 Å². The fourth-order valence-corrected chi connectivity index (χ4v) is 5.54. The summed E-state index contributed by atoms with van der Waals surface area (Å²) in [4.78, 5) is 21.6. The summed E-state index contributed by atoms with van der Waals surface area (Å²) < 4.78 is 5.94. The maximum Gasteiger partial charge on any atom is 0.314 e. The van der Waals surface area contributed by atoms with Gasteiger partial charge in [0.25, 0.3) is 0 Å². The minimum Gasteiger partial charge on any atom is -0.494 e. The lowest BCUT2D eigenvalue weighted by Crippen LogP contribution is -2.37. The molecule has 2 amide bonds. The Balaban J connectivity index is 1.06. The predicted octanol–water partition coefficient (Wildman–Crippen LogP) is 6.33. The van der Waals surface area contributed by atoms with E-state index in [4.69, 9.17) is 16.3 Å². The lowest BCUT2D eigenvalue weighted by atomic mass is 9.92. The number of nitrogens with one attached hydrogen (secondary N) is 2. The molecule has 0 aliphatic carbocycles. The van der Waals surface area contributed by atoms with Crippen molar-refractivity contribution in [3.8, 4) is 5.75 Å². The summed E-state index contributed by atoms with van der Waals surface area (Å²) in [7, 11) is 2.13. The van der Waals surface area contributed by atoms with Crippen molar-refractivity contribution < 1.29 is 9.53 Å². The SMILES string of the molecule is CN(CCCNC(=O)NCCCOc1cccc(CN2CCCCC2)c1)CCC(c1ccc(Cl)cc1)c1ccccn1. The molecule has 3 aromatic rings. The highest BCUT2D eigenvalue weighted by Crippen LogP contribution is 2.28. The van der Waals surface area contributed by atoms with Crippen LogP contribution in [0.1, 0.15) is 61.3 Å². The molecule has 8 heteroatoms. The van der Waals surface area contributed by atoms with Crippen LogP contribution in [0, 0.1) is 0 Å². The number of nitrogens with zero attached hydrogens (tertiary/aromatic N) is 3. The largest absolute Gasteiger partial charge is 0.494 e. The summed E-state index contributed by atoms with van der Waals surface area (Å²) in [6, 6.07) is 22.4. The van der Waals surface area contributed by atoms with E-state index in [-0.39, 0.29) is 11.9 Å². The Kier molecular flexibility index (Phi) is 13.4. The number of halogens is 1. The summed E-state index contributed by atoms with van der Waals surface area (Å²) >= 11 is 6.11. The number of rotatable bonds is 16. The zero-order valence-corrected chi connectivity index (χ0v) is 25.7. The van der Waals surface area contributed by atoms with Crippen LogP contribution >= 0.6 is 11.6 Å². The number of pyridine rings is 1. The first-order chi connectivity index (χ1) is 20.6. The van der Waals surface area contributed by atoms with Gasteiger partial charge in [-0.05, 0) is 113 Å². The van der Waals surface area contributed by atoms with Crippen LogP contribution in [-0.2, 0) is 6.54 Å². The number of aromatic nitrogens is 1. The van der Waals surface area contributed by atoms with Crippen LogP contribution in [-0.4, -0.2) is 73.7 Å². The average Bonchev–Trinajstić information content (AvgIpc) is 3.01. The topological polar surface area (TPSA) is 69.7 Å². The standard InChI is InChI=1S/C34H46ClN5O2/c1-39(24-17-32(33-12-3-4-18-36-33)29-13-15-30(35)16-14-29)21-8-19-37-34(41)38-20-9-25-42-31-11-7-10-28(26-31)27-40-22-5-2-6-23-40/h3-4,7,10-16,18,26,32H,2,5-6,8-9,17,19-25,27H2,1H3,(H2,37,38,41). The van der Waals surface area contributed by atoms with E-state index in [0.29, 0.717) is 19.7 Å². The summed E-state index contributed by atoms with van der Waals surface area (Å²) in [5.74, 6) is 1.11. The lowest BCUT2D eigenvalue weighted by Gasteiger charge is -2.26. The number of benzene rings is 2. The van der Waals surface area contributed by atoms with Gasteiger partial charge >= 0.3 is 6.03 Å². The molecule has 0 bridgehead atoms. The Labute approximate surface area is 256 Å². The van der Waals surface area contributed by atoms with Crippen LogP contribution in [0.2, 0.25) is 5.02 Å². The zero-order valence-electron chi connectivity index (χ0n) is 24.9. The summed E-state index contributed by atoms with van der Waals surface area (Å²) in [5.41, 5.74) is 3.59. The maximum absolute atomic E-state index is 12.2. The van der Waals surface area contributed by atoms with Gasteiger partial charge in [0, 0.05) is 42.5 Å². The van der Waals surface area contributed by atoms with Gasteiger partial charge in [-0.1, -0.05) is 48.4 Å². The molecular weight excluding hydrogens is 546 g/mol. The molecule has 1 aliphatic heterocycles. The second kappa shape index (κ2) is 17.7. The molecule has 42 heavy (non-hydrogen) atoms. The van der Waals surface area contributed by atoms with Crippen molar-refractivity contribution in [3.05, 3.63) is 94.8 Å². The first-order valence-electron chi connectivity index (χ1n) is 15.4. The molecule has 1 atom stereocenters. The van der Waals surface area contributed by atoms with Gasteiger partial charge in [-0.15, -0.1) is 0 Å². The molecule has 4 rings (SSSR count). The van der Waals surface area contributed by atoms with E-state index >= 15 is 0 Å². The van der Waals surface area contributed by atoms with Gasteiger partial charge in [0.2, 0.25) is 0 Å². The van der Waals surface area contributed by atoms with Crippen molar-refractivity contribution in [2.45, 2.75) is 51.0 Å². The molecule has 0 spiro atoms. The first kappa shape index (κ1) is 31.8. The predicted molar refractivity (Wildman–Crippen MR) is 171 cm³/mol. The molecule has 1 aromatic heterocycles. The minimum absolute atomic E-state index is 0.126. The van der Waals surface area contributed by atoms with Crippen molar-refractivity contribution in [1.29, 1.82) is 0 Å². The molecule has 1 unspecified atom stereocenters. The van der Waals surface area contributed by atoms with Crippen molar-refractivity contribution in [2.24, 2.45) is 0 Å². The fourth-order valence-electron chi connectivity index (χ4n) is 5.41. The summed E-state index contributed by atoms with van der Waals surface area (Å²) in [6.45, 7) is 6.99. The Bertz CT molecular complexity index is 1190. The molecule has 0 radical (unpaired) electrons. The monoisotopic (exact) mass is 591 g/mol. The molecule has 1 saturated heterocycles. The van der Waals surface area contributed by atoms with Crippen LogP contribution in [0.3, 0.4) is 0 Å². The van der Waals surface area contributed by atoms with E-state index in [2.05, 4.69) is 68.9 Å². The maximum atomic E-state index is 12.2. The van der Waals surface area contributed by atoms with Crippen LogP contribution in [0.5, 0.6) is 5.75 Å². The van der Waals surface area contributed by atoms with E-state index in [9.17, 15) is 4.79 Å². The number of hydrogen-bond acceptors (Lipinski definition) is 5. The number of carbonyl (C=O) groups is 1. The Hall–Kier alpha value is -3.13. The fraction of sp³-hybridized carbons (Fsp3) is 0.471. The van der Waals surface area contributed by atoms with E-state index in [1.54, 1.807) is 0 Å². The van der Waals surface area contributed by atoms with Crippen molar-refractivity contribution in [2.75, 3.05) is 52.9 Å². The van der Waals surface area contributed by atoms with Gasteiger partial charge in [0.1, 0.15) is 5.75 Å². The molecule has 2 N–H and O–H groups in total. The number of hydrogen-bond donors (Lipinski definition) is 2. The molecule has 2 aromatic carbocycles. The average molecular weight is 592 g/mol. The van der Waals surface area contributed by atoms with Crippen LogP contribution in [0.25, 0.3) is 0 Å². The molecular formula is C34H46ClN5O2. The van der Waals surface area contributed by atoms with Crippen LogP contribution < -0.4 is 15.4 Å². The molecule has 226 valence electrons. The Morgan fingerprint density at radius 3 is 2.52 bits per heavy atom. The zero-order chi connectivity index (χ0) is 29.4. The normalized spacial score (nSPS) is 14.5. The highest BCUT2D eigenvalue weighted by Gasteiger charge is 2.16. The Morgan fingerprint density at radius 2 is 1.76 bits per heavy atom. The summed E-state index contributed by atoms with van der Waals surface area (Å²) in [5, 5.41) is 6.65. The number of piperidine rings is 1. The van der Waals surface area contributed by atoms with Gasteiger partial charge in [0.15, 0.2) is 0 Å². The smallest absolute Gasteiger partial charge is 0.314 e. The van der Waals surface area contributed by atoms with Gasteiger partial charge in [-0.25, -0.2) is 4.79 Å². The van der Waals surface area contributed by atoms with E-state index in [1.165, 1.54) is 43.5 Å². The molecule has 1 aliphatic rings. The van der Waals surface area contributed by atoms with E-state index < -0.39 is 0 Å². The first-order valence-corrected chi connectivity index (χ1v) is 15.8. The lowest BCUT2D eigenvalue weighted by molar-refractivity contribution is 0.220. The third-order valence-electron chi connectivity index (χ3n) is 7.75. The van der Waals surface area contributed by atoms with Crippen molar-refractivity contribution in [3.63, 3.8) is 0 Å². The van der Waals surface area contributed by atoms with Crippen molar-refractivity contribution >= 4 is 17.6 Å². The highest BCUT2D eigenvalue weighted by molar-refractivity contribution is 6.30. The molecule has 0 saturated carbocycles. The quantitative estimate of drug-likeness (QED) is 0.190. The molecule has 2 heterocycles. The minimum atomic E-state index is -0.126. The number of urea groups is 1. The number of likely N-dealkylation sites (tertiary alicyclic amines) is 1. The number of amides is 2. The summed E-state index contributed by atoms with van der Waals surface area (Å²) in [6.07, 6.45) is 8.40. The molecule has 1 fully saturated rings. The third kappa shape index (κ3) is 11.3. The molecule has 7 nitrogen and oxygen atoms in total. The van der Waals surface area contributed by atoms with Crippen LogP contribution in [0.15, 0.2) is 72.9 Å². The van der Waals surface area contributed by atoms with Gasteiger partial charge in [0.05, 0.1) is 6.61 Å². The second-order valence-electron chi connectivity index (χ2n) is 11.2. The van der Waals surface area contributed by atoms with E-state index in [0.717, 1.165) is 55.4 Å². The number of ether oxygens (including phenoxy) is 1. The van der Waals surface area contributed by atoms with Crippen molar-refractivity contribution in [1.82, 2.24) is 25.4 Å². The Morgan fingerprint density at radius 1 is 0.976 bits per heavy atom. The van der Waals surface area contributed by atoms with Crippen LogP contribution in [0.4, 0.5) is 4.79 Å². The van der Waals surface area contributed by atoms with Gasteiger partial charge < -0.3 is 20.3 Å².